The number of hydrogen-bond donors (Lipinski definition) is 1. The molecule has 142 valence electrons. The number of rotatable bonds is 5. The molecule has 4 aromatic rings. The molecule has 8 nitrogen and oxygen atoms in total. The zero-order chi connectivity index (χ0) is 19.7. The Morgan fingerprint density at radius 2 is 2.04 bits per heavy atom. The van der Waals surface area contributed by atoms with E-state index in [1.165, 1.54) is 6.07 Å². The van der Waals surface area contributed by atoms with Gasteiger partial charge in [-0.2, -0.15) is 4.98 Å². The number of nitrogens with one attached hydrogen (secondary N) is 1. The Morgan fingerprint density at radius 1 is 1.21 bits per heavy atom. The Morgan fingerprint density at radius 3 is 2.79 bits per heavy atom. The number of aryl methyl sites for hydroxylation is 2. The summed E-state index contributed by atoms with van der Waals surface area (Å²) in [5.74, 6) is 0.846. The van der Waals surface area contributed by atoms with Gasteiger partial charge < -0.3 is 13.7 Å². The van der Waals surface area contributed by atoms with E-state index in [9.17, 15) is 9.59 Å². The van der Waals surface area contributed by atoms with Gasteiger partial charge in [0.05, 0.1) is 5.69 Å². The summed E-state index contributed by atoms with van der Waals surface area (Å²) in [5.41, 5.74) is 1.42. The SMILES string of the molecule is CCc1cc(=O)oc2nc(OCc3ccccc3-n3ccnc3C)[nH]c(=O)c12. The Bertz CT molecular complexity index is 1270. The number of benzene rings is 1. The second kappa shape index (κ2) is 7.15. The number of H-pyrrole nitrogens is 1. The van der Waals surface area contributed by atoms with E-state index in [4.69, 9.17) is 9.15 Å². The summed E-state index contributed by atoms with van der Waals surface area (Å²) in [4.78, 5) is 35.2. The van der Waals surface area contributed by atoms with Gasteiger partial charge >= 0.3 is 5.63 Å². The number of hydrogen-bond acceptors (Lipinski definition) is 6. The van der Waals surface area contributed by atoms with Crippen molar-refractivity contribution >= 4 is 11.1 Å². The van der Waals surface area contributed by atoms with Crippen molar-refractivity contribution in [2.75, 3.05) is 0 Å². The fraction of sp³-hybridized carbons (Fsp3) is 0.200. The fourth-order valence-corrected chi connectivity index (χ4v) is 3.12. The first kappa shape index (κ1) is 17.7. The summed E-state index contributed by atoms with van der Waals surface area (Å²) in [6.45, 7) is 3.93. The molecule has 0 radical (unpaired) electrons. The Hall–Kier alpha value is -3.68. The quantitative estimate of drug-likeness (QED) is 0.572. The zero-order valence-corrected chi connectivity index (χ0v) is 15.4. The summed E-state index contributed by atoms with van der Waals surface area (Å²) in [5, 5.41) is 0.267. The molecule has 0 fully saturated rings. The highest BCUT2D eigenvalue weighted by Crippen LogP contribution is 2.19. The third-order valence-corrected chi connectivity index (χ3v) is 4.50. The number of nitrogens with zero attached hydrogens (tertiary/aromatic N) is 3. The highest BCUT2D eigenvalue weighted by molar-refractivity contribution is 5.75. The predicted octanol–water partition coefficient (Wildman–Crippen LogP) is 2.51. The van der Waals surface area contributed by atoms with Crippen molar-refractivity contribution in [2.45, 2.75) is 26.9 Å². The molecule has 3 heterocycles. The molecule has 28 heavy (non-hydrogen) atoms. The number of imidazole rings is 1. The molecular formula is C20H18N4O4. The lowest BCUT2D eigenvalue weighted by Crippen LogP contribution is -2.15. The molecule has 0 amide bonds. The molecule has 0 unspecified atom stereocenters. The van der Waals surface area contributed by atoms with Crippen LogP contribution in [0.4, 0.5) is 0 Å². The molecule has 0 saturated heterocycles. The van der Waals surface area contributed by atoms with E-state index in [0.29, 0.717) is 12.0 Å². The molecule has 0 atom stereocenters. The van der Waals surface area contributed by atoms with Crippen molar-refractivity contribution in [2.24, 2.45) is 0 Å². The molecule has 8 heteroatoms. The van der Waals surface area contributed by atoms with Crippen LogP contribution in [0.25, 0.3) is 16.8 Å². The Balaban J connectivity index is 1.69. The normalized spacial score (nSPS) is 11.1. The fourth-order valence-electron chi connectivity index (χ4n) is 3.12. The van der Waals surface area contributed by atoms with Crippen molar-refractivity contribution in [3.63, 3.8) is 0 Å². The largest absolute Gasteiger partial charge is 0.460 e. The van der Waals surface area contributed by atoms with Crippen LogP contribution in [0.5, 0.6) is 6.01 Å². The van der Waals surface area contributed by atoms with Gasteiger partial charge in [0.2, 0.25) is 5.71 Å². The maximum absolute atomic E-state index is 12.5. The van der Waals surface area contributed by atoms with E-state index >= 15 is 0 Å². The molecule has 0 aliphatic rings. The van der Waals surface area contributed by atoms with Crippen molar-refractivity contribution in [3.8, 4) is 11.7 Å². The Kier molecular flexibility index (Phi) is 4.52. The van der Waals surface area contributed by atoms with Crippen LogP contribution in [0.2, 0.25) is 0 Å². The zero-order valence-electron chi connectivity index (χ0n) is 15.4. The first-order valence-corrected chi connectivity index (χ1v) is 8.85. The third kappa shape index (κ3) is 3.20. The van der Waals surface area contributed by atoms with E-state index in [1.807, 2.05) is 48.9 Å². The lowest BCUT2D eigenvalue weighted by atomic mass is 10.1. The summed E-state index contributed by atoms with van der Waals surface area (Å²) in [7, 11) is 0. The Labute approximate surface area is 159 Å². The van der Waals surface area contributed by atoms with Gasteiger partial charge in [-0.3, -0.25) is 9.78 Å². The number of para-hydroxylation sites is 1. The molecule has 4 rings (SSSR count). The van der Waals surface area contributed by atoms with Crippen LogP contribution in [-0.4, -0.2) is 19.5 Å². The summed E-state index contributed by atoms with van der Waals surface area (Å²) < 4.78 is 12.8. The van der Waals surface area contributed by atoms with Crippen LogP contribution in [-0.2, 0) is 13.0 Å². The molecule has 0 bridgehead atoms. The molecule has 0 saturated carbocycles. The average Bonchev–Trinajstić information content (AvgIpc) is 3.11. The molecular weight excluding hydrogens is 360 g/mol. The van der Waals surface area contributed by atoms with Crippen molar-refractivity contribution in [1.82, 2.24) is 19.5 Å². The highest BCUT2D eigenvalue weighted by atomic mass is 16.5. The molecule has 0 aliphatic heterocycles. The van der Waals surface area contributed by atoms with E-state index in [0.717, 1.165) is 17.1 Å². The van der Waals surface area contributed by atoms with E-state index in [1.54, 1.807) is 6.20 Å². The smallest absolute Gasteiger partial charge is 0.337 e. The van der Waals surface area contributed by atoms with Gasteiger partial charge in [-0.15, -0.1) is 0 Å². The minimum Gasteiger partial charge on any atom is -0.460 e. The predicted molar refractivity (Wildman–Crippen MR) is 103 cm³/mol. The van der Waals surface area contributed by atoms with Crippen LogP contribution >= 0.6 is 0 Å². The van der Waals surface area contributed by atoms with Gasteiger partial charge in [-0.05, 0) is 25.0 Å². The van der Waals surface area contributed by atoms with Gasteiger partial charge in [-0.25, -0.2) is 9.78 Å². The second-order valence-electron chi connectivity index (χ2n) is 6.26. The van der Waals surface area contributed by atoms with Crippen molar-refractivity contribution in [1.29, 1.82) is 0 Å². The summed E-state index contributed by atoms with van der Waals surface area (Å²) >= 11 is 0. The van der Waals surface area contributed by atoms with Crippen molar-refractivity contribution < 1.29 is 9.15 Å². The summed E-state index contributed by atoms with van der Waals surface area (Å²) in [6, 6.07) is 9.00. The molecule has 0 aliphatic carbocycles. The lowest BCUT2D eigenvalue weighted by Gasteiger charge is -2.12. The maximum Gasteiger partial charge on any atom is 0.337 e. The second-order valence-corrected chi connectivity index (χ2v) is 6.26. The third-order valence-electron chi connectivity index (χ3n) is 4.50. The van der Waals surface area contributed by atoms with E-state index in [-0.39, 0.29) is 23.7 Å². The maximum atomic E-state index is 12.5. The van der Waals surface area contributed by atoms with E-state index < -0.39 is 11.2 Å². The standard InChI is InChI=1S/C20H18N4O4/c1-3-13-10-16(25)28-19-17(13)18(26)22-20(23-19)27-11-14-6-4-5-7-15(14)24-9-8-21-12(24)2/h4-10H,3,11H2,1-2H3,(H,22,23,26). The van der Waals surface area contributed by atoms with Crippen molar-refractivity contribution in [3.05, 3.63) is 80.5 Å². The van der Waals surface area contributed by atoms with Gasteiger partial charge in [0.25, 0.3) is 11.6 Å². The number of aromatic nitrogens is 4. The average molecular weight is 378 g/mol. The lowest BCUT2D eigenvalue weighted by molar-refractivity contribution is 0.279. The topological polar surface area (TPSA) is 103 Å². The van der Waals surface area contributed by atoms with Crippen LogP contribution in [0.1, 0.15) is 23.9 Å². The molecule has 1 N–H and O–H groups in total. The number of aromatic amines is 1. The highest BCUT2D eigenvalue weighted by Gasteiger charge is 2.13. The molecule has 3 aromatic heterocycles. The monoisotopic (exact) mass is 378 g/mol. The van der Waals surface area contributed by atoms with Gasteiger partial charge in [0.1, 0.15) is 17.8 Å². The first-order chi connectivity index (χ1) is 13.6. The van der Waals surface area contributed by atoms with Crippen LogP contribution in [0.15, 0.2) is 56.7 Å². The van der Waals surface area contributed by atoms with Crippen LogP contribution in [0, 0.1) is 6.92 Å². The number of ether oxygens (including phenoxy) is 1. The minimum atomic E-state index is -0.547. The molecule has 1 aromatic carbocycles. The minimum absolute atomic E-state index is 0.00828. The van der Waals surface area contributed by atoms with E-state index in [2.05, 4.69) is 15.0 Å². The first-order valence-electron chi connectivity index (χ1n) is 8.85. The van der Waals surface area contributed by atoms with Gasteiger partial charge in [0, 0.05) is 24.0 Å². The van der Waals surface area contributed by atoms with Crippen LogP contribution in [0.3, 0.4) is 0 Å². The molecule has 0 spiro atoms. The van der Waals surface area contributed by atoms with Gasteiger partial charge in [0.15, 0.2) is 0 Å². The summed E-state index contributed by atoms with van der Waals surface area (Å²) in [6.07, 6.45) is 4.11. The van der Waals surface area contributed by atoms with Gasteiger partial charge in [-0.1, -0.05) is 25.1 Å². The van der Waals surface area contributed by atoms with Crippen LogP contribution < -0.4 is 15.9 Å². The number of fused-ring (bicyclic) bond motifs is 1.